The van der Waals surface area contributed by atoms with E-state index in [2.05, 4.69) is 60.0 Å². The molecule has 0 unspecified atom stereocenters. The fourth-order valence-corrected chi connectivity index (χ4v) is 4.42. The molecule has 6 aromatic rings. The number of allylic oxidation sites excluding steroid dienone is 1. The van der Waals surface area contributed by atoms with E-state index in [-0.39, 0.29) is 0 Å². The molecule has 8 nitrogen and oxygen atoms in total. The van der Waals surface area contributed by atoms with E-state index in [0.717, 1.165) is 79.9 Å². The maximum atomic E-state index is 4.65. The molecule has 0 aliphatic rings. The number of H-pyrrole nitrogens is 2. The van der Waals surface area contributed by atoms with E-state index in [1.54, 1.807) is 24.8 Å². The lowest BCUT2D eigenvalue weighted by atomic mass is 10.1. The van der Waals surface area contributed by atoms with Crippen molar-refractivity contribution in [3.05, 3.63) is 85.9 Å². The van der Waals surface area contributed by atoms with Gasteiger partial charge in [0.05, 0.1) is 35.0 Å². The summed E-state index contributed by atoms with van der Waals surface area (Å²) in [6.07, 6.45) is 12.8. The van der Waals surface area contributed by atoms with Crippen LogP contribution in [0.25, 0.3) is 55.7 Å². The number of hydrogen-bond acceptors (Lipinski definition) is 6. The molecule has 176 valence electrons. The minimum Gasteiger partial charge on any atom is -0.358 e. The first kappa shape index (κ1) is 21.7. The summed E-state index contributed by atoms with van der Waals surface area (Å²) in [5.41, 5.74) is 9.03. The lowest BCUT2D eigenvalue weighted by molar-refractivity contribution is 0.913. The number of nitrogens with one attached hydrogen (secondary N) is 3. The lowest BCUT2D eigenvalue weighted by Gasteiger charge is -2.09. The van der Waals surface area contributed by atoms with Gasteiger partial charge in [0, 0.05) is 52.4 Å². The van der Waals surface area contributed by atoms with Gasteiger partial charge in [-0.05, 0) is 42.3 Å². The van der Waals surface area contributed by atoms with E-state index in [0.29, 0.717) is 0 Å². The molecule has 3 N–H and O–H groups in total. The Morgan fingerprint density at radius 1 is 0.944 bits per heavy atom. The molecule has 0 saturated heterocycles. The second-order valence-electron chi connectivity index (χ2n) is 8.67. The van der Waals surface area contributed by atoms with Crippen molar-refractivity contribution in [2.24, 2.45) is 0 Å². The monoisotopic (exact) mass is 472 g/mol. The van der Waals surface area contributed by atoms with E-state index in [1.807, 2.05) is 42.7 Å². The Kier molecular flexibility index (Phi) is 5.46. The molecule has 0 spiro atoms. The number of nitrogens with zero attached hydrogens (tertiary/aromatic N) is 5. The molecule has 0 fully saturated rings. The highest BCUT2D eigenvalue weighted by atomic mass is 15.1. The average molecular weight is 473 g/mol. The van der Waals surface area contributed by atoms with Crippen LogP contribution in [0.5, 0.6) is 0 Å². The largest absolute Gasteiger partial charge is 0.358 e. The molecule has 0 bridgehead atoms. The van der Waals surface area contributed by atoms with E-state index in [4.69, 9.17) is 0 Å². The van der Waals surface area contributed by atoms with Crippen LogP contribution in [0, 0.1) is 0 Å². The number of hydrogen-bond donors (Lipinski definition) is 3. The zero-order valence-electron chi connectivity index (χ0n) is 19.8. The predicted octanol–water partition coefficient (Wildman–Crippen LogP) is 6.35. The Morgan fingerprint density at radius 3 is 2.72 bits per heavy atom. The van der Waals surface area contributed by atoms with Gasteiger partial charge in [-0.1, -0.05) is 26.0 Å². The number of anilines is 1. The summed E-state index contributed by atoms with van der Waals surface area (Å²) in [5, 5.41) is 13.0. The molecule has 0 atom stereocenters. The van der Waals surface area contributed by atoms with Crippen molar-refractivity contribution in [1.82, 2.24) is 35.1 Å². The van der Waals surface area contributed by atoms with Gasteiger partial charge in [0.25, 0.3) is 0 Å². The topological polar surface area (TPSA) is 108 Å². The number of pyridine rings is 4. The van der Waals surface area contributed by atoms with E-state index < -0.39 is 0 Å². The van der Waals surface area contributed by atoms with Gasteiger partial charge in [-0.25, -0.2) is 4.98 Å². The zero-order chi connectivity index (χ0) is 24.5. The summed E-state index contributed by atoms with van der Waals surface area (Å²) >= 11 is 0. The maximum Gasteiger partial charge on any atom is 0.138 e. The van der Waals surface area contributed by atoms with Crippen LogP contribution in [0.2, 0.25) is 0 Å². The molecular formula is C28H24N8. The third-order valence-electron chi connectivity index (χ3n) is 6.11. The summed E-state index contributed by atoms with van der Waals surface area (Å²) in [6, 6.07) is 12.1. The van der Waals surface area contributed by atoms with Gasteiger partial charge in [-0.2, -0.15) is 5.10 Å². The number of rotatable bonds is 7. The molecule has 0 aliphatic heterocycles. The number of aromatic nitrogens is 7. The maximum absolute atomic E-state index is 4.65. The van der Waals surface area contributed by atoms with Crippen LogP contribution >= 0.6 is 0 Å². The normalized spacial score (nSPS) is 11.2. The summed E-state index contributed by atoms with van der Waals surface area (Å²) in [6.45, 7) is 6.22. The molecule has 6 aromatic heterocycles. The molecule has 0 aromatic carbocycles. The Balaban J connectivity index is 1.40. The van der Waals surface area contributed by atoms with Gasteiger partial charge >= 0.3 is 0 Å². The van der Waals surface area contributed by atoms with Crippen molar-refractivity contribution in [3.63, 3.8) is 0 Å². The quantitative estimate of drug-likeness (QED) is 0.250. The number of aromatic amines is 2. The fraction of sp³-hybridized carbons (Fsp3) is 0.107. The molecular weight excluding hydrogens is 448 g/mol. The van der Waals surface area contributed by atoms with Crippen molar-refractivity contribution in [2.45, 2.75) is 19.8 Å². The first-order valence-corrected chi connectivity index (χ1v) is 11.8. The average Bonchev–Trinajstić information content (AvgIpc) is 3.53. The number of fused-ring (bicyclic) bond motifs is 2. The van der Waals surface area contributed by atoms with Gasteiger partial charge < -0.3 is 10.3 Å². The van der Waals surface area contributed by atoms with Gasteiger partial charge in [0.15, 0.2) is 0 Å². The minimum atomic E-state index is 0.798. The minimum absolute atomic E-state index is 0.798. The molecule has 36 heavy (non-hydrogen) atoms. The van der Waals surface area contributed by atoms with Crippen molar-refractivity contribution < 1.29 is 0 Å². The van der Waals surface area contributed by atoms with Crippen LogP contribution in [-0.2, 0) is 0 Å². The van der Waals surface area contributed by atoms with Gasteiger partial charge in [0.1, 0.15) is 11.3 Å². The van der Waals surface area contributed by atoms with Crippen molar-refractivity contribution in [3.8, 4) is 33.8 Å². The van der Waals surface area contributed by atoms with Crippen LogP contribution in [0.4, 0.5) is 5.69 Å². The van der Waals surface area contributed by atoms with Crippen molar-refractivity contribution >= 4 is 27.6 Å². The standard InChI is InChI=1S/C28H24N8/c1-3-5-17(2)33-20-10-19(14-30-15-20)24-12-23-26(16-32-24)35-36-27(23)25-11-22-21(7-9-31-28(22)34-25)18-6-4-8-29-13-18/h4,6-16,33H,2-3,5H2,1H3,(H,31,34)(H,35,36). The van der Waals surface area contributed by atoms with Gasteiger partial charge in [-0.3, -0.25) is 20.1 Å². The first-order valence-electron chi connectivity index (χ1n) is 11.8. The third-order valence-corrected chi connectivity index (χ3v) is 6.11. The fourth-order valence-electron chi connectivity index (χ4n) is 4.42. The molecule has 0 aliphatic carbocycles. The highest BCUT2D eigenvalue weighted by Crippen LogP contribution is 2.34. The SMILES string of the molecule is C=C(CCC)Nc1cncc(-c2cc3c(-c4cc5c(-c6cccnc6)ccnc5[nH]4)n[nH]c3cn2)c1. The Morgan fingerprint density at radius 2 is 1.86 bits per heavy atom. The summed E-state index contributed by atoms with van der Waals surface area (Å²) in [5.74, 6) is 0. The van der Waals surface area contributed by atoms with Crippen LogP contribution < -0.4 is 5.32 Å². The zero-order valence-corrected chi connectivity index (χ0v) is 19.8. The van der Waals surface area contributed by atoms with Gasteiger partial charge in [-0.15, -0.1) is 0 Å². The molecule has 0 amide bonds. The lowest BCUT2D eigenvalue weighted by Crippen LogP contribution is -1.98. The van der Waals surface area contributed by atoms with Crippen LogP contribution in [0.1, 0.15) is 19.8 Å². The van der Waals surface area contributed by atoms with Crippen LogP contribution in [-0.4, -0.2) is 35.1 Å². The van der Waals surface area contributed by atoms with Crippen molar-refractivity contribution in [1.29, 1.82) is 0 Å². The Bertz CT molecular complexity index is 1700. The van der Waals surface area contributed by atoms with E-state index >= 15 is 0 Å². The third kappa shape index (κ3) is 3.98. The summed E-state index contributed by atoms with van der Waals surface area (Å²) in [7, 11) is 0. The smallest absolute Gasteiger partial charge is 0.138 e. The molecule has 6 heterocycles. The molecule has 8 heteroatoms. The predicted molar refractivity (Wildman–Crippen MR) is 143 cm³/mol. The Hall–Kier alpha value is -4.85. The van der Waals surface area contributed by atoms with Crippen molar-refractivity contribution in [2.75, 3.05) is 5.32 Å². The first-order chi connectivity index (χ1) is 17.7. The van der Waals surface area contributed by atoms with Crippen LogP contribution in [0.3, 0.4) is 0 Å². The highest BCUT2D eigenvalue weighted by molar-refractivity contribution is 6.00. The van der Waals surface area contributed by atoms with Crippen LogP contribution in [0.15, 0.2) is 85.9 Å². The van der Waals surface area contributed by atoms with Gasteiger partial charge in [0.2, 0.25) is 0 Å². The molecule has 6 rings (SSSR count). The van der Waals surface area contributed by atoms with E-state index in [9.17, 15) is 0 Å². The Labute approximate surface area is 207 Å². The molecule has 0 radical (unpaired) electrons. The summed E-state index contributed by atoms with van der Waals surface area (Å²) < 4.78 is 0. The summed E-state index contributed by atoms with van der Waals surface area (Å²) in [4.78, 5) is 21.3. The second kappa shape index (κ2) is 9.07. The van der Waals surface area contributed by atoms with E-state index in [1.165, 1.54) is 0 Å². The molecule has 0 saturated carbocycles. The second-order valence-corrected chi connectivity index (χ2v) is 8.67. The highest BCUT2D eigenvalue weighted by Gasteiger charge is 2.15.